The number of aromatic nitrogens is 3. The van der Waals surface area contributed by atoms with Crippen LogP contribution in [0.3, 0.4) is 0 Å². The molecule has 8 nitrogen and oxygen atoms in total. The zero-order valence-electron chi connectivity index (χ0n) is 16.9. The van der Waals surface area contributed by atoms with Crippen LogP contribution in [0.15, 0.2) is 59.7 Å². The predicted octanol–water partition coefficient (Wildman–Crippen LogP) is 3.92. The Morgan fingerprint density at radius 3 is 2.44 bits per heavy atom. The number of halogens is 3. The molecule has 0 saturated carbocycles. The number of hydrogen-bond donors (Lipinski definition) is 2. The number of nitrogens with one attached hydrogen (secondary N) is 2. The van der Waals surface area contributed by atoms with Crippen molar-refractivity contribution in [2.24, 2.45) is 5.10 Å². The van der Waals surface area contributed by atoms with Gasteiger partial charge in [-0.05, 0) is 29.8 Å². The summed E-state index contributed by atoms with van der Waals surface area (Å²) in [6.07, 6.45) is -3.14. The highest BCUT2D eigenvalue weighted by Gasteiger charge is 2.30. The van der Waals surface area contributed by atoms with Gasteiger partial charge in [-0.2, -0.15) is 33.2 Å². The zero-order chi connectivity index (χ0) is 22.4. The number of para-hydroxylation sites is 1. The Balaban J connectivity index is 1.55. The smallest absolute Gasteiger partial charge is 0.378 e. The standard InChI is InChI=1S/C21H20F3N7O/c22-21(23,24)16-6-4-5-15(13-16)14-25-30-19-27-18(26-17-7-2-1-3-8-17)28-20(29-19)31-9-11-32-12-10-31/h1-8,13-14H,9-12H2,(H2,26,27,28,29,30)/b25-14+. The van der Waals surface area contributed by atoms with Crippen molar-refractivity contribution in [3.8, 4) is 0 Å². The quantitative estimate of drug-likeness (QED) is 0.441. The number of hydrazone groups is 1. The van der Waals surface area contributed by atoms with Crippen LogP contribution in [-0.4, -0.2) is 47.5 Å². The third-order valence-corrected chi connectivity index (χ3v) is 4.54. The van der Waals surface area contributed by atoms with Crippen LogP contribution in [-0.2, 0) is 10.9 Å². The average Bonchev–Trinajstić information content (AvgIpc) is 2.80. The van der Waals surface area contributed by atoms with Crippen LogP contribution in [0.5, 0.6) is 0 Å². The Labute approximate surface area is 182 Å². The van der Waals surface area contributed by atoms with E-state index in [-0.39, 0.29) is 11.5 Å². The molecule has 1 saturated heterocycles. The van der Waals surface area contributed by atoms with E-state index < -0.39 is 11.7 Å². The van der Waals surface area contributed by atoms with E-state index >= 15 is 0 Å². The molecule has 0 unspecified atom stereocenters. The Hall–Kier alpha value is -3.73. The minimum Gasteiger partial charge on any atom is -0.378 e. The Morgan fingerprint density at radius 2 is 1.69 bits per heavy atom. The lowest BCUT2D eigenvalue weighted by Gasteiger charge is -2.27. The van der Waals surface area contributed by atoms with Gasteiger partial charge in [0, 0.05) is 18.8 Å². The molecule has 11 heteroatoms. The highest BCUT2D eigenvalue weighted by atomic mass is 19.4. The summed E-state index contributed by atoms with van der Waals surface area (Å²) in [7, 11) is 0. The van der Waals surface area contributed by atoms with Crippen LogP contribution >= 0.6 is 0 Å². The van der Waals surface area contributed by atoms with Gasteiger partial charge in [0.15, 0.2) is 0 Å². The normalized spacial score (nSPS) is 14.5. The second kappa shape index (κ2) is 9.60. The number of morpholine rings is 1. The molecule has 0 aliphatic carbocycles. The first kappa shape index (κ1) is 21.5. The van der Waals surface area contributed by atoms with Gasteiger partial charge < -0.3 is 15.0 Å². The van der Waals surface area contributed by atoms with Crippen molar-refractivity contribution in [3.05, 3.63) is 65.7 Å². The van der Waals surface area contributed by atoms with Crippen LogP contribution in [0.25, 0.3) is 0 Å². The van der Waals surface area contributed by atoms with Crippen LogP contribution in [0.2, 0.25) is 0 Å². The first-order valence-electron chi connectivity index (χ1n) is 9.84. The lowest BCUT2D eigenvalue weighted by Crippen LogP contribution is -2.37. The van der Waals surface area contributed by atoms with Crippen LogP contribution in [0.1, 0.15) is 11.1 Å². The molecule has 1 fully saturated rings. The molecule has 1 aliphatic heterocycles. The minimum atomic E-state index is -4.42. The molecule has 1 aliphatic rings. The summed E-state index contributed by atoms with van der Waals surface area (Å²) in [5.74, 6) is 0.908. The Bertz CT molecular complexity index is 1070. The van der Waals surface area contributed by atoms with E-state index in [1.165, 1.54) is 18.3 Å². The first-order valence-corrected chi connectivity index (χ1v) is 9.84. The summed E-state index contributed by atoms with van der Waals surface area (Å²) >= 11 is 0. The van der Waals surface area contributed by atoms with Crippen molar-refractivity contribution >= 4 is 29.7 Å². The minimum absolute atomic E-state index is 0.156. The molecule has 2 aromatic carbocycles. The van der Waals surface area contributed by atoms with Crippen molar-refractivity contribution in [2.45, 2.75) is 6.18 Å². The summed E-state index contributed by atoms with van der Waals surface area (Å²) in [5.41, 5.74) is 3.03. The maximum Gasteiger partial charge on any atom is 0.416 e. The maximum absolute atomic E-state index is 12.9. The molecule has 2 N–H and O–H groups in total. The van der Waals surface area contributed by atoms with E-state index in [2.05, 4.69) is 30.8 Å². The number of anilines is 4. The summed E-state index contributed by atoms with van der Waals surface area (Å²) in [5, 5.41) is 7.12. The fourth-order valence-corrected chi connectivity index (χ4v) is 2.99. The largest absolute Gasteiger partial charge is 0.416 e. The van der Waals surface area contributed by atoms with Gasteiger partial charge in [-0.15, -0.1) is 0 Å². The molecule has 32 heavy (non-hydrogen) atoms. The third-order valence-electron chi connectivity index (χ3n) is 4.54. The van der Waals surface area contributed by atoms with Crippen LogP contribution in [0, 0.1) is 0 Å². The second-order valence-electron chi connectivity index (χ2n) is 6.87. The molecule has 4 rings (SSSR count). The Morgan fingerprint density at radius 1 is 0.938 bits per heavy atom. The fourth-order valence-electron chi connectivity index (χ4n) is 2.99. The van der Waals surface area contributed by atoms with Crippen molar-refractivity contribution < 1.29 is 17.9 Å². The second-order valence-corrected chi connectivity index (χ2v) is 6.87. The highest BCUT2D eigenvalue weighted by Crippen LogP contribution is 2.29. The maximum atomic E-state index is 12.9. The molecular formula is C21H20F3N7O. The first-order chi connectivity index (χ1) is 15.5. The number of alkyl halides is 3. The third kappa shape index (κ3) is 5.70. The fraction of sp³-hybridized carbons (Fsp3) is 0.238. The van der Waals surface area contributed by atoms with Gasteiger partial charge in [-0.1, -0.05) is 30.3 Å². The molecule has 0 bridgehead atoms. The van der Waals surface area contributed by atoms with Gasteiger partial charge in [-0.25, -0.2) is 5.43 Å². The van der Waals surface area contributed by atoms with E-state index in [0.717, 1.165) is 17.8 Å². The molecular weight excluding hydrogens is 423 g/mol. The number of rotatable bonds is 6. The van der Waals surface area contributed by atoms with E-state index in [4.69, 9.17) is 4.74 Å². The van der Waals surface area contributed by atoms with E-state index in [9.17, 15) is 13.2 Å². The SMILES string of the molecule is FC(F)(F)c1cccc(/C=N/Nc2nc(Nc3ccccc3)nc(N3CCOCC3)n2)c1. The molecule has 166 valence electrons. The molecule has 0 atom stereocenters. The molecule has 2 heterocycles. The van der Waals surface area contributed by atoms with Crippen molar-refractivity contribution in [2.75, 3.05) is 41.9 Å². The molecule has 0 amide bonds. The van der Waals surface area contributed by atoms with Gasteiger partial charge >= 0.3 is 6.18 Å². The lowest BCUT2D eigenvalue weighted by molar-refractivity contribution is -0.137. The molecule has 0 spiro atoms. The summed E-state index contributed by atoms with van der Waals surface area (Å²) in [6, 6.07) is 14.3. The van der Waals surface area contributed by atoms with Crippen molar-refractivity contribution in [1.29, 1.82) is 0 Å². The zero-order valence-corrected chi connectivity index (χ0v) is 16.9. The Kier molecular flexibility index (Phi) is 6.45. The molecule has 3 aromatic rings. The van der Waals surface area contributed by atoms with Crippen molar-refractivity contribution in [1.82, 2.24) is 15.0 Å². The van der Waals surface area contributed by atoms with E-state index in [1.54, 1.807) is 0 Å². The average molecular weight is 443 g/mol. The number of benzene rings is 2. The van der Waals surface area contributed by atoms with Gasteiger partial charge in [0.05, 0.1) is 25.0 Å². The number of nitrogens with zero attached hydrogens (tertiary/aromatic N) is 5. The number of hydrogen-bond acceptors (Lipinski definition) is 8. The van der Waals surface area contributed by atoms with E-state index in [1.807, 2.05) is 35.2 Å². The van der Waals surface area contributed by atoms with Gasteiger partial charge in [0.25, 0.3) is 0 Å². The lowest BCUT2D eigenvalue weighted by atomic mass is 10.1. The predicted molar refractivity (Wildman–Crippen MR) is 115 cm³/mol. The molecule has 1 aromatic heterocycles. The summed E-state index contributed by atoms with van der Waals surface area (Å²) in [4.78, 5) is 15.1. The number of ether oxygens (including phenoxy) is 1. The van der Waals surface area contributed by atoms with Gasteiger partial charge in [0.1, 0.15) is 0 Å². The van der Waals surface area contributed by atoms with Gasteiger partial charge in [-0.3, -0.25) is 0 Å². The monoisotopic (exact) mass is 443 g/mol. The summed E-state index contributed by atoms with van der Waals surface area (Å²) in [6.45, 7) is 2.37. The molecule has 0 radical (unpaired) electrons. The topological polar surface area (TPSA) is 87.6 Å². The highest BCUT2D eigenvalue weighted by molar-refractivity contribution is 5.80. The van der Waals surface area contributed by atoms with Crippen molar-refractivity contribution in [3.63, 3.8) is 0 Å². The van der Waals surface area contributed by atoms with Crippen LogP contribution < -0.4 is 15.6 Å². The van der Waals surface area contributed by atoms with Gasteiger partial charge in [0.2, 0.25) is 17.8 Å². The summed E-state index contributed by atoms with van der Waals surface area (Å²) < 4.78 is 44.1. The van der Waals surface area contributed by atoms with Crippen LogP contribution in [0.4, 0.5) is 36.7 Å². The van der Waals surface area contributed by atoms with E-state index in [0.29, 0.717) is 38.2 Å².